The van der Waals surface area contributed by atoms with Crippen molar-refractivity contribution in [2.24, 2.45) is 0 Å². The van der Waals surface area contributed by atoms with E-state index in [2.05, 4.69) is 47.7 Å². The lowest BCUT2D eigenvalue weighted by Gasteiger charge is -2.50. The molecule has 2 nitrogen and oxygen atoms in total. The van der Waals surface area contributed by atoms with Gasteiger partial charge in [-0.15, -0.1) is 11.8 Å². The van der Waals surface area contributed by atoms with E-state index in [1.54, 1.807) is 0 Å². The molecule has 2 unspecified atom stereocenters. The molecule has 3 rings (SSSR count). The molecular weight excluding hydrogens is 264 g/mol. The fourth-order valence-electron chi connectivity index (χ4n) is 4.03. The van der Waals surface area contributed by atoms with Crippen molar-refractivity contribution in [3.05, 3.63) is 24.3 Å². The summed E-state index contributed by atoms with van der Waals surface area (Å²) in [6.07, 6.45) is 8.93. The Hall–Kier alpha value is -0.670. The van der Waals surface area contributed by atoms with Gasteiger partial charge in [-0.1, -0.05) is 13.0 Å². The van der Waals surface area contributed by atoms with Crippen LogP contribution in [-0.4, -0.2) is 30.9 Å². The third-order valence-corrected chi connectivity index (χ3v) is 5.54. The van der Waals surface area contributed by atoms with Crippen molar-refractivity contribution in [2.75, 3.05) is 17.7 Å². The van der Waals surface area contributed by atoms with Crippen molar-refractivity contribution in [3.63, 3.8) is 0 Å². The number of benzene rings is 1. The minimum atomic E-state index is 0.732. The van der Waals surface area contributed by atoms with Gasteiger partial charge in [0.25, 0.3) is 0 Å². The number of anilines is 1. The molecule has 0 aromatic heterocycles. The van der Waals surface area contributed by atoms with Crippen LogP contribution >= 0.6 is 11.8 Å². The van der Waals surface area contributed by atoms with Crippen molar-refractivity contribution in [3.8, 4) is 0 Å². The molecule has 3 heteroatoms. The van der Waals surface area contributed by atoms with Crippen molar-refractivity contribution < 1.29 is 0 Å². The van der Waals surface area contributed by atoms with E-state index < -0.39 is 0 Å². The molecule has 0 aliphatic carbocycles. The van der Waals surface area contributed by atoms with E-state index in [0.29, 0.717) is 0 Å². The van der Waals surface area contributed by atoms with Gasteiger partial charge in [0.15, 0.2) is 0 Å². The van der Waals surface area contributed by atoms with Gasteiger partial charge in [0, 0.05) is 28.7 Å². The average molecular weight is 290 g/mol. The smallest absolute Gasteiger partial charge is 0.0382 e. The number of rotatable bonds is 4. The van der Waals surface area contributed by atoms with Crippen LogP contribution in [0.15, 0.2) is 29.2 Å². The average Bonchev–Trinajstić information content (AvgIpc) is 2.47. The number of piperidine rings is 2. The van der Waals surface area contributed by atoms with Crippen molar-refractivity contribution in [1.82, 2.24) is 5.32 Å². The Morgan fingerprint density at radius 2 is 2.00 bits per heavy atom. The maximum Gasteiger partial charge on any atom is 0.0382 e. The first-order valence-electron chi connectivity index (χ1n) is 7.97. The summed E-state index contributed by atoms with van der Waals surface area (Å²) in [5.74, 6) is 0. The van der Waals surface area contributed by atoms with E-state index in [1.165, 1.54) is 42.7 Å². The largest absolute Gasteiger partial charge is 0.365 e. The molecular formula is C17H26N2S. The van der Waals surface area contributed by atoms with Gasteiger partial charge in [0.1, 0.15) is 0 Å². The van der Waals surface area contributed by atoms with Gasteiger partial charge in [-0.05, 0) is 63.1 Å². The Balaban J connectivity index is 1.82. The molecule has 2 aliphatic rings. The van der Waals surface area contributed by atoms with Gasteiger partial charge in [0.05, 0.1) is 0 Å². The van der Waals surface area contributed by atoms with Crippen LogP contribution in [0.3, 0.4) is 0 Å². The van der Waals surface area contributed by atoms with Crippen molar-refractivity contribution >= 4 is 17.4 Å². The van der Waals surface area contributed by atoms with E-state index >= 15 is 0 Å². The number of nitrogens with zero attached hydrogens (tertiary/aromatic N) is 1. The molecule has 1 N–H and O–H groups in total. The third-order valence-electron chi connectivity index (χ3n) is 4.82. The highest BCUT2D eigenvalue weighted by molar-refractivity contribution is 7.98. The zero-order valence-corrected chi connectivity index (χ0v) is 13.5. The second kappa shape index (κ2) is 6.40. The van der Waals surface area contributed by atoms with Gasteiger partial charge >= 0.3 is 0 Å². The molecule has 1 aromatic carbocycles. The van der Waals surface area contributed by atoms with Crippen LogP contribution in [0.4, 0.5) is 5.69 Å². The molecule has 0 radical (unpaired) electrons. The Kier molecular flexibility index (Phi) is 4.57. The highest BCUT2D eigenvalue weighted by Gasteiger charge is 2.37. The number of nitrogens with one attached hydrogen (secondary N) is 1. The summed E-state index contributed by atoms with van der Waals surface area (Å²) in [5, 5.41) is 3.68. The fourth-order valence-corrected chi connectivity index (χ4v) is 4.48. The lowest BCUT2D eigenvalue weighted by molar-refractivity contribution is 0.247. The summed E-state index contributed by atoms with van der Waals surface area (Å²) < 4.78 is 0. The quantitative estimate of drug-likeness (QED) is 0.847. The molecule has 2 heterocycles. The van der Waals surface area contributed by atoms with E-state index in [1.807, 2.05) is 11.8 Å². The standard InChI is InChI=1S/C17H26N2S/c1-3-18-13-10-14-6-4-7-15(11-13)19(14)16-8-5-9-17(12-16)20-2/h5,8-9,12-15,18H,3-4,6-7,10-11H2,1-2H3. The molecule has 2 bridgehead atoms. The summed E-state index contributed by atoms with van der Waals surface area (Å²) in [6.45, 7) is 3.33. The molecule has 110 valence electrons. The van der Waals surface area contributed by atoms with Crippen molar-refractivity contribution in [2.45, 2.75) is 62.0 Å². The van der Waals surface area contributed by atoms with Crippen molar-refractivity contribution in [1.29, 1.82) is 0 Å². The number of fused-ring (bicyclic) bond motifs is 2. The van der Waals surface area contributed by atoms with Crippen LogP contribution in [-0.2, 0) is 0 Å². The maximum absolute atomic E-state index is 3.68. The van der Waals surface area contributed by atoms with Crippen LogP contribution in [0, 0.1) is 0 Å². The zero-order valence-electron chi connectivity index (χ0n) is 12.6. The van der Waals surface area contributed by atoms with E-state index in [9.17, 15) is 0 Å². The predicted molar refractivity (Wildman–Crippen MR) is 88.8 cm³/mol. The van der Waals surface area contributed by atoms with Crippen LogP contribution in [0.5, 0.6) is 0 Å². The van der Waals surface area contributed by atoms with Gasteiger partial charge in [0.2, 0.25) is 0 Å². The minimum absolute atomic E-state index is 0.732. The van der Waals surface area contributed by atoms with E-state index in [4.69, 9.17) is 0 Å². The van der Waals surface area contributed by atoms with Crippen LogP contribution in [0.25, 0.3) is 0 Å². The highest BCUT2D eigenvalue weighted by atomic mass is 32.2. The molecule has 20 heavy (non-hydrogen) atoms. The molecule has 0 spiro atoms. The molecule has 2 aliphatic heterocycles. The number of hydrogen-bond donors (Lipinski definition) is 1. The predicted octanol–water partition coefficient (Wildman–Crippen LogP) is 3.91. The van der Waals surface area contributed by atoms with Crippen LogP contribution < -0.4 is 10.2 Å². The van der Waals surface area contributed by atoms with Crippen LogP contribution in [0.2, 0.25) is 0 Å². The molecule has 2 atom stereocenters. The van der Waals surface area contributed by atoms with Gasteiger partial charge < -0.3 is 10.2 Å². The maximum atomic E-state index is 3.68. The number of hydrogen-bond acceptors (Lipinski definition) is 3. The van der Waals surface area contributed by atoms with E-state index in [-0.39, 0.29) is 0 Å². The van der Waals surface area contributed by atoms with E-state index in [0.717, 1.165) is 24.7 Å². The lowest BCUT2D eigenvalue weighted by atomic mass is 9.81. The minimum Gasteiger partial charge on any atom is -0.365 e. The summed E-state index contributed by atoms with van der Waals surface area (Å²) in [4.78, 5) is 4.12. The molecule has 0 amide bonds. The summed E-state index contributed by atoms with van der Waals surface area (Å²) in [6, 6.07) is 11.3. The second-order valence-corrected chi connectivity index (χ2v) is 6.95. The Bertz CT molecular complexity index is 434. The van der Waals surface area contributed by atoms with Gasteiger partial charge in [-0.25, -0.2) is 0 Å². The Morgan fingerprint density at radius 3 is 2.65 bits per heavy atom. The molecule has 2 saturated heterocycles. The summed E-state index contributed by atoms with van der Waals surface area (Å²) >= 11 is 1.84. The monoisotopic (exact) mass is 290 g/mol. The zero-order chi connectivity index (χ0) is 13.9. The van der Waals surface area contributed by atoms with Gasteiger partial charge in [-0.2, -0.15) is 0 Å². The fraction of sp³-hybridized carbons (Fsp3) is 0.647. The topological polar surface area (TPSA) is 15.3 Å². The lowest BCUT2D eigenvalue weighted by Crippen LogP contribution is -2.56. The summed E-state index contributed by atoms with van der Waals surface area (Å²) in [7, 11) is 0. The van der Waals surface area contributed by atoms with Gasteiger partial charge in [-0.3, -0.25) is 0 Å². The molecule has 1 aromatic rings. The first-order valence-corrected chi connectivity index (χ1v) is 9.20. The Morgan fingerprint density at radius 1 is 1.25 bits per heavy atom. The first kappa shape index (κ1) is 14.3. The molecule has 0 saturated carbocycles. The number of thioether (sulfide) groups is 1. The summed E-state index contributed by atoms with van der Waals surface area (Å²) in [5.41, 5.74) is 1.45. The Labute approximate surface area is 127 Å². The first-order chi connectivity index (χ1) is 9.81. The highest BCUT2D eigenvalue weighted by Crippen LogP contribution is 2.38. The SMILES string of the molecule is CCNC1CC2CCCC(C1)N2c1cccc(SC)c1. The second-order valence-electron chi connectivity index (χ2n) is 6.07. The third kappa shape index (κ3) is 2.84. The van der Waals surface area contributed by atoms with Crippen LogP contribution in [0.1, 0.15) is 39.0 Å². The molecule has 2 fully saturated rings. The normalized spacial score (nSPS) is 29.5.